The molecule has 26 heavy (non-hydrogen) atoms. The first-order valence-corrected chi connectivity index (χ1v) is 10.3. The lowest BCUT2D eigenvalue weighted by Crippen LogP contribution is -2.15. The smallest absolute Gasteiger partial charge is 0.357 e. The van der Waals surface area contributed by atoms with E-state index in [1.54, 1.807) is 38.1 Å². The van der Waals surface area contributed by atoms with Crippen molar-refractivity contribution in [2.24, 2.45) is 0 Å². The maximum atomic E-state index is 13.5. The lowest BCUT2D eigenvalue weighted by molar-refractivity contribution is 0.174. The fourth-order valence-electron chi connectivity index (χ4n) is 2.68. The molecule has 0 aromatic heterocycles. The summed E-state index contributed by atoms with van der Waals surface area (Å²) in [5.41, 5.74) is 1.46. The third-order valence-electron chi connectivity index (χ3n) is 3.79. The highest BCUT2D eigenvalue weighted by Gasteiger charge is 2.38. The molecule has 1 aliphatic rings. The average Bonchev–Trinajstić information content (AvgIpc) is 3.09. The van der Waals surface area contributed by atoms with E-state index >= 15 is 0 Å². The van der Waals surface area contributed by atoms with Crippen molar-refractivity contribution in [2.75, 3.05) is 25.3 Å². The molecule has 1 aliphatic heterocycles. The molecule has 8 heteroatoms. The summed E-state index contributed by atoms with van der Waals surface area (Å²) in [7, 11) is -3.49. The van der Waals surface area contributed by atoms with Crippen LogP contribution in [0.2, 0.25) is 5.02 Å². The summed E-state index contributed by atoms with van der Waals surface area (Å²) in [5.74, 6) is 0.546. The summed E-state index contributed by atoms with van der Waals surface area (Å²) in [5, 5.41) is 3.87. The molecule has 140 valence electrons. The number of rotatable bonds is 8. The normalized spacial score (nSPS) is 14.3. The van der Waals surface area contributed by atoms with Gasteiger partial charge in [0.15, 0.2) is 17.3 Å². The van der Waals surface area contributed by atoms with Crippen LogP contribution in [0.25, 0.3) is 0 Å². The van der Waals surface area contributed by atoms with Gasteiger partial charge in [0.25, 0.3) is 0 Å². The molecule has 3 rings (SSSR count). The number of ether oxygens (including phenoxy) is 2. The summed E-state index contributed by atoms with van der Waals surface area (Å²) in [4.78, 5) is 0. The topological polar surface area (TPSA) is 66.0 Å². The number of hydrogen-bond acceptors (Lipinski definition) is 6. The molecule has 0 saturated heterocycles. The Morgan fingerprint density at radius 3 is 2.38 bits per heavy atom. The first-order valence-electron chi connectivity index (χ1n) is 8.36. The van der Waals surface area contributed by atoms with Gasteiger partial charge in [0.1, 0.15) is 0 Å². The first-order chi connectivity index (χ1) is 12.6. The fraction of sp³-hybridized carbons (Fsp3) is 0.333. The van der Waals surface area contributed by atoms with E-state index in [1.807, 2.05) is 18.2 Å². The van der Waals surface area contributed by atoms with E-state index in [0.717, 1.165) is 11.3 Å². The van der Waals surface area contributed by atoms with Crippen LogP contribution in [0.4, 0.5) is 5.69 Å². The standard InChI is InChI=1S/C18H21ClNO5P/c1-3-24-26(21,25-4-2)18(20-15-8-6-14(19)7-9-15)13-5-10-16-17(11-13)23-12-22-16/h5-11,18,20H,3-4,12H2,1-2H3. The van der Waals surface area contributed by atoms with Gasteiger partial charge in [-0.3, -0.25) is 4.57 Å². The summed E-state index contributed by atoms with van der Waals surface area (Å²) >= 11 is 5.96. The Morgan fingerprint density at radius 2 is 1.73 bits per heavy atom. The van der Waals surface area contributed by atoms with Gasteiger partial charge < -0.3 is 23.8 Å². The Labute approximate surface area is 157 Å². The maximum Gasteiger partial charge on any atom is 0.357 e. The van der Waals surface area contributed by atoms with Crippen molar-refractivity contribution in [3.05, 3.63) is 53.1 Å². The molecule has 1 N–H and O–H groups in total. The van der Waals surface area contributed by atoms with Crippen molar-refractivity contribution in [3.8, 4) is 11.5 Å². The molecule has 0 spiro atoms. The van der Waals surface area contributed by atoms with Crippen molar-refractivity contribution in [1.29, 1.82) is 0 Å². The molecule has 0 aliphatic carbocycles. The molecule has 2 aromatic rings. The van der Waals surface area contributed by atoms with Gasteiger partial charge in [-0.15, -0.1) is 0 Å². The SMILES string of the molecule is CCOP(=O)(OCC)C(Nc1ccc(Cl)cc1)c1ccc2c(c1)OCO2. The third kappa shape index (κ3) is 4.15. The van der Waals surface area contributed by atoms with Gasteiger partial charge in [0.2, 0.25) is 6.79 Å². The van der Waals surface area contributed by atoms with E-state index < -0.39 is 13.4 Å². The minimum Gasteiger partial charge on any atom is -0.454 e. The van der Waals surface area contributed by atoms with E-state index in [4.69, 9.17) is 30.1 Å². The van der Waals surface area contributed by atoms with Crippen LogP contribution in [0.5, 0.6) is 11.5 Å². The zero-order valence-corrected chi connectivity index (χ0v) is 16.3. The highest BCUT2D eigenvalue weighted by atomic mass is 35.5. The molecule has 1 atom stereocenters. The monoisotopic (exact) mass is 397 g/mol. The minimum atomic E-state index is -3.49. The molecule has 0 fully saturated rings. The second-order valence-electron chi connectivity index (χ2n) is 5.54. The Hall–Kier alpha value is -1.72. The first kappa shape index (κ1) is 19.1. The molecule has 1 heterocycles. The molecule has 1 unspecified atom stereocenters. The molecule has 6 nitrogen and oxygen atoms in total. The van der Waals surface area contributed by atoms with E-state index in [2.05, 4.69) is 5.32 Å². The van der Waals surface area contributed by atoms with Gasteiger partial charge in [-0.2, -0.15) is 0 Å². The van der Waals surface area contributed by atoms with E-state index in [-0.39, 0.29) is 20.0 Å². The molecule has 0 saturated carbocycles. The highest BCUT2D eigenvalue weighted by molar-refractivity contribution is 7.54. The number of nitrogens with one attached hydrogen (secondary N) is 1. The predicted molar refractivity (Wildman–Crippen MR) is 101 cm³/mol. The maximum absolute atomic E-state index is 13.5. The van der Waals surface area contributed by atoms with Crippen LogP contribution in [-0.2, 0) is 13.6 Å². The van der Waals surface area contributed by atoms with Crippen molar-refractivity contribution in [2.45, 2.75) is 19.6 Å². The lowest BCUT2D eigenvalue weighted by Gasteiger charge is -2.28. The van der Waals surface area contributed by atoms with E-state index in [1.165, 1.54) is 0 Å². The van der Waals surface area contributed by atoms with Crippen molar-refractivity contribution in [3.63, 3.8) is 0 Å². The molecule has 2 aromatic carbocycles. The van der Waals surface area contributed by atoms with Gasteiger partial charge in [-0.1, -0.05) is 17.7 Å². The Morgan fingerprint density at radius 1 is 1.08 bits per heavy atom. The Kier molecular flexibility index (Phi) is 6.09. The van der Waals surface area contributed by atoms with Crippen LogP contribution in [-0.4, -0.2) is 20.0 Å². The van der Waals surface area contributed by atoms with Crippen LogP contribution in [0.1, 0.15) is 25.2 Å². The van der Waals surface area contributed by atoms with Crippen LogP contribution in [0.3, 0.4) is 0 Å². The largest absolute Gasteiger partial charge is 0.454 e. The van der Waals surface area contributed by atoms with Crippen LogP contribution >= 0.6 is 19.2 Å². The molecule has 0 amide bonds. The number of hydrogen-bond donors (Lipinski definition) is 1. The van der Waals surface area contributed by atoms with Gasteiger partial charge >= 0.3 is 7.60 Å². The third-order valence-corrected chi connectivity index (χ3v) is 6.34. The zero-order chi connectivity index (χ0) is 18.6. The van der Waals surface area contributed by atoms with E-state index in [0.29, 0.717) is 16.5 Å². The molecule has 0 radical (unpaired) electrons. The fourth-order valence-corrected chi connectivity index (χ4v) is 4.73. The summed E-state index contributed by atoms with van der Waals surface area (Å²) in [6.45, 7) is 4.26. The van der Waals surface area contributed by atoms with E-state index in [9.17, 15) is 4.57 Å². The van der Waals surface area contributed by atoms with Crippen molar-refractivity contribution < 1.29 is 23.1 Å². The number of fused-ring (bicyclic) bond motifs is 1. The van der Waals surface area contributed by atoms with Gasteiger partial charge in [-0.25, -0.2) is 0 Å². The summed E-state index contributed by atoms with van der Waals surface area (Å²) < 4.78 is 35.4. The summed E-state index contributed by atoms with van der Waals surface area (Å²) in [6, 6.07) is 12.5. The second-order valence-corrected chi connectivity index (χ2v) is 8.09. The quantitative estimate of drug-likeness (QED) is 0.598. The van der Waals surface area contributed by atoms with Crippen LogP contribution in [0.15, 0.2) is 42.5 Å². The Bertz CT molecular complexity index is 789. The number of benzene rings is 2. The zero-order valence-electron chi connectivity index (χ0n) is 14.6. The minimum absolute atomic E-state index is 0.169. The molecular formula is C18H21ClNO5P. The number of halogens is 1. The average molecular weight is 398 g/mol. The van der Waals surface area contributed by atoms with Crippen molar-refractivity contribution >= 4 is 24.9 Å². The second kappa shape index (κ2) is 8.31. The van der Waals surface area contributed by atoms with Crippen LogP contribution in [0, 0.1) is 0 Å². The highest BCUT2D eigenvalue weighted by Crippen LogP contribution is 2.61. The van der Waals surface area contributed by atoms with Gasteiger partial charge in [-0.05, 0) is 55.8 Å². The molecular weight excluding hydrogens is 377 g/mol. The molecule has 0 bridgehead atoms. The number of anilines is 1. The predicted octanol–water partition coefficient (Wildman–Crippen LogP) is 5.45. The van der Waals surface area contributed by atoms with Gasteiger partial charge in [0.05, 0.1) is 13.2 Å². The Balaban J connectivity index is 1.99. The summed E-state index contributed by atoms with van der Waals surface area (Å²) in [6.07, 6.45) is 0. The van der Waals surface area contributed by atoms with Crippen LogP contribution < -0.4 is 14.8 Å². The van der Waals surface area contributed by atoms with Gasteiger partial charge in [0, 0.05) is 10.7 Å². The van der Waals surface area contributed by atoms with Crippen molar-refractivity contribution in [1.82, 2.24) is 0 Å². The lowest BCUT2D eigenvalue weighted by atomic mass is 10.2.